The van der Waals surface area contributed by atoms with Gasteiger partial charge >= 0.3 is 0 Å². The summed E-state index contributed by atoms with van der Waals surface area (Å²) in [4.78, 5) is 1.21. The topological polar surface area (TPSA) is 29.5 Å². The van der Waals surface area contributed by atoms with Crippen molar-refractivity contribution in [2.75, 3.05) is 6.61 Å². The summed E-state index contributed by atoms with van der Waals surface area (Å²) in [6.45, 7) is 2.69. The molecule has 0 aromatic carbocycles. The second kappa shape index (κ2) is 5.83. The lowest BCUT2D eigenvalue weighted by molar-refractivity contribution is -0.115. The zero-order valence-electron chi connectivity index (χ0n) is 10.1. The number of aliphatic hydroxyl groups is 1. The number of hydrogen-bond donors (Lipinski definition) is 1. The average molecular weight is 319 g/mol. The summed E-state index contributed by atoms with van der Waals surface area (Å²) in [5, 5.41) is 12.5. The Labute approximate surface area is 115 Å². The van der Waals surface area contributed by atoms with Crippen molar-refractivity contribution >= 4 is 27.3 Å². The van der Waals surface area contributed by atoms with Gasteiger partial charge in [-0.3, -0.25) is 0 Å². The van der Waals surface area contributed by atoms with Crippen molar-refractivity contribution in [2.45, 2.75) is 50.7 Å². The van der Waals surface area contributed by atoms with Crippen molar-refractivity contribution in [2.24, 2.45) is 0 Å². The van der Waals surface area contributed by atoms with Crippen LogP contribution in [0, 0.1) is 0 Å². The molecular weight excluding hydrogens is 300 g/mol. The summed E-state index contributed by atoms with van der Waals surface area (Å²) >= 11 is 5.21. The van der Waals surface area contributed by atoms with Crippen LogP contribution in [-0.2, 0) is 11.2 Å². The Hall–Kier alpha value is 0.100. The predicted octanol–water partition coefficient (Wildman–Crippen LogP) is 3.76. The van der Waals surface area contributed by atoms with E-state index < -0.39 is 0 Å². The first-order valence-corrected chi connectivity index (χ1v) is 7.89. The highest BCUT2D eigenvalue weighted by Crippen LogP contribution is 2.38. The van der Waals surface area contributed by atoms with Gasteiger partial charge in [0.05, 0.1) is 11.7 Å². The van der Waals surface area contributed by atoms with Crippen LogP contribution in [0.3, 0.4) is 0 Å². The number of hydrogen-bond acceptors (Lipinski definition) is 3. The van der Waals surface area contributed by atoms with Gasteiger partial charge in [0.2, 0.25) is 0 Å². The van der Waals surface area contributed by atoms with Gasteiger partial charge in [0.15, 0.2) is 0 Å². The van der Waals surface area contributed by atoms with E-state index in [0.717, 1.165) is 17.3 Å². The highest BCUT2D eigenvalue weighted by molar-refractivity contribution is 9.10. The Morgan fingerprint density at radius 2 is 2.24 bits per heavy atom. The lowest BCUT2D eigenvalue weighted by Crippen LogP contribution is -2.43. The van der Waals surface area contributed by atoms with Gasteiger partial charge < -0.3 is 9.84 Å². The molecule has 0 aliphatic heterocycles. The molecular formula is C13H19BrO2S. The highest BCUT2D eigenvalue weighted by Gasteiger charge is 2.41. The van der Waals surface area contributed by atoms with Gasteiger partial charge in [-0.2, -0.15) is 0 Å². The molecule has 1 N–H and O–H groups in total. The Morgan fingerprint density at radius 1 is 1.53 bits per heavy atom. The molecule has 1 aromatic rings. The molecule has 1 fully saturated rings. The van der Waals surface area contributed by atoms with Crippen molar-refractivity contribution in [3.05, 3.63) is 20.8 Å². The number of halogens is 1. The molecule has 1 heterocycles. The van der Waals surface area contributed by atoms with E-state index in [-0.39, 0.29) is 11.7 Å². The Kier molecular flexibility index (Phi) is 4.64. The zero-order valence-corrected chi connectivity index (χ0v) is 12.5. The van der Waals surface area contributed by atoms with Crippen molar-refractivity contribution < 1.29 is 9.84 Å². The fourth-order valence-electron chi connectivity index (χ4n) is 2.67. The number of rotatable bonds is 5. The third kappa shape index (κ3) is 2.92. The second-order valence-electron chi connectivity index (χ2n) is 4.62. The first-order chi connectivity index (χ1) is 8.18. The third-order valence-corrected chi connectivity index (χ3v) is 5.51. The molecule has 1 aromatic heterocycles. The molecule has 2 nitrogen and oxygen atoms in total. The SMILES string of the molecule is CCOC1(C(O)Cc2sccc2Br)CCCC1. The minimum atomic E-state index is -0.389. The fraction of sp³-hybridized carbons (Fsp3) is 0.692. The van der Waals surface area contributed by atoms with E-state index in [1.807, 2.05) is 18.4 Å². The predicted molar refractivity (Wildman–Crippen MR) is 74.6 cm³/mol. The molecule has 0 saturated heterocycles. The van der Waals surface area contributed by atoms with Crippen LogP contribution in [-0.4, -0.2) is 23.4 Å². The molecule has 2 rings (SSSR count). The standard InChI is InChI=1S/C13H19BrO2S/c1-2-16-13(6-3-4-7-13)12(15)9-11-10(14)5-8-17-11/h5,8,12,15H,2-4,6-7,9H2,1H3. The maximum Gasteiger partial charge on any atom is 0.0943 e. The van der Waals surface area contributed by atoms with Crippen LogP contribution in [0.2, 0.25) is 0 Å². The summed E-state index contributed by atoms with van der Waals surface area (Å²) in [5.41, 5.74) is -0.293. The molecule has 4 heteroatoms. The van der Waals surface area contributed by atoms with E-state index in [1.54, 1.807) is 11.3 Å². The van der Waals surface area contributed by atoms with Gasteiger partial charge in [-0.1, -0.05) is 12.8 Å². The quantitative estimate of drug-likeness (QED) is 0.895. The minimum absolute atomic E-state index is 0.293. The maximum absolute atomic E-state index is 10.5. The van der Waals surface area contributed by atoms with Crippen LogP contribution in [0.1, 0.15) is 37.5 Å². The summed E-state index contributed by atoms with van der Waals surface area (Å²) in [6, 6.07) is 2.04. The van der Waals surface area contributed by atoms with Gasteiger partial charge in [0, 0.05) is 22.4 Å². The van der Waals surface area contributed by atoms with E-state index in [2.05, 4.69) is 15.9 Å². The molecule has 0 bridgehead atoms. The van der Waals surface area contributed by atoms with Crippen LogP contribution in [0.25, 0.3) is 0 Å². The first kappa shape index (κ1) is 13.5. The lowest BCUT2D eigenvalue weighted by Gasteiger charge is -2.34. The van der Waals surface area contributed by atoms with Crippen molar-refractivity contribution in [1.29, 1.82) is 0 Å². The summed E-state index contributed by atoms with van der Waals surface area (Å²) in [7, 11) is 0. The molecule has 1 aliphatic carbocycles. The van der Waals surface area contributed by atoms with Gasteiger partial charge in [-0.25, -0.2) is 0 Å². The average Bonchev–Trinajstić information content (AvgIpc) is 2.91. The molecule has 0 radical (unpaired) electrons. The summed E-state index contributed by atoms with van der Waals surface area (Å²) in [5.74, 6) is 0. The molecule has 0 spiro atoms. The van der Waals surface area contributed by atoms with E-state index in [0.29, 0.717) is 13.0 Å². The van der Waals surface area contributed by atoms with Crippen LogP contribution in [0.4, 0.5) is 0 Å². The molecule has 1 aliphatic rings. The number of ether oxygens (including phenoxy) is 1. The molecule has 17 heavy (non-hydrogen) atoms. The van der Waals surface area contributed by atoms with Crippen LogP contribution in [0.15, 0.2) is 15.9 Å². The molecule has 1 unspecified atom stereocenters. The minimum Gasteiger partial charge on any atom is -0.390 e. The molecule has 96 valence electrons. The maximum atomic E-state index is 10.5. The fourth-order valence-corrected chi connectivity index (χ4v) is 4.22. The van der Waals surface area contributed by atoms with Crippen LogP contribution < -0.4 is 0 Å². The molecule has 1 atom stereocenters. The van der Waals surface area contributed by atoms with Crippen molar-refractivity contribution in [3.8, 4) is 0 Å². The van der Waals surface area contributed by atoms with Crippen molar-refractivity contribution in [3.63, 3.8) is 0 Å². The number of aliphatic hydroxyl groups excluding tert-OH is 1. The zero-order chi connectivity index (χ0) is 12.3. The third-order valence-electron chi connectivity index (χ3n) is 3.56. The van der Waals surface area contributed by atoms with Gasteiger partial charge in [-0.15, -0.1) is 11.3 Å². The van der Waals surface area contributed by atoms with Gasteiger partial charge in [-0.05, 0) is 47.1 Å². The first-order valence-electron chi connectivity index (χ1n) is 6.22. The van der Waals surface area contributed by atoms with E-state index in [1.165, 1.54) is 17.7 Å². The van der Waals surface area contributed by atoms with E-state index in [4.69, 9.17) is 4.74 Å². The Bertz CT molecular complexity index is 358. The summed E-state index contributed by atoms with van der Waals surface area (Å²) in [6.07, 6.45) is 4.62. The van der Waals surface area contributed by atoms with Crippen LogP contribution in [0.5, 0.6) is 0 Å². The van der Waals surface area contributed by atoms with Gasteiger partial charge in [0.25, 0.3) is 0 Å². The monoisotopic (exact) mass is 318 g/mol. The second-order valence-corrected chi connectivity index (χ2v) is 6.47. The smallest absolute Gasteiger partial charge is 0.0943 e. The summed E-state index contributed by atoms with van der Waals surface area (Å²) < 4.78 is 6.98. The van der Waals surface area contributed by atoms with Gasteiger partial charge in [0.1, 0.15) is 0 Å². The lowest BCUT2D eigenvalue weighted by atomic mass is 9.91. The van der Waals surface area contributed by atoms with Crippen LogP contribution >= 0.6 is 27.3 Å². The van der Waals surface area contributed by atoms with E-state index in [9.17, 15) is 5.11 Å². The van der Waals surface area contributed by atoms with Crippen molar-refractivity contribution in [1.82, 2.24) is 0 Å². The van der Waals surface area contributed by atoms with E-state index >= 15 is 0 Å². The largest absolute Gasteiger partial charge is 0.390 e. The normalized spacial score (nSPS) is 20.6. The number of thiophene rings is 1. The Balaban J connectivity index is 2.07. The Morgan fingerprint density at radius 3 is 2.76 bits per heavy atom. The highest BCUT2D eigenvalue weighted by atomic mass is 79.9. The molecule has 1 saturated carbocycles. The molecule has 0 amide bonds.